The molecule has 0 heterocycles. The molecule has 0 aliphatic heterocycles. The van der Waals surface area contributed by atoms with E-state index in [1.54, 1.807) is 0 Å². The number of halogens is 1. The molecule has 0 radical (unpaired) electrons. The summed E-state index contributed by atoms with van der Waals surface area (Å²) in [5.74, 6) is -1.74. The fourth-order valence-electron chi connectivity index (χ4n) is 1.54. The van der Waals surface area contributed by atoms with Gasteiger partial charge in [-0.3, -0.25) is 4.79 Å². The Hall–Kier alpha value is -2.56. The summed E-state index contributed by atoms with van der Waals surface area (Å²) >= 11 is 0. The van der Waals surface area contributed by atoms with Gasteiger partial charge in [0.25, 0.3) is 0 Å². The maximum absolute atomic E-state index is 12.7. The maximum atomic E-state index is 12.7. The zero-order valence-corrected chi connectivity index (χ0v) is 9.22. The predicted molar refractivity (Wildman–Crippen MR) is 64.0 cm³/mol. The van der Waals surface area contributed by atoms with Crippen molar-refractivity contribution in [3.63, 3.8) is 0 Å². The van der Waals surface area contributed by atoms with Crippen LogP contribution in [0.25, 0.3) is 0 Å². The van der Waals surface area contributed by atoms with Gasteiger partial charge in [-0.2, -0.15) is 0 Å². The summed E-state index contributed by atoms with van der Waals surface area (Å²) in [4.78, 5) is 12.0. The Labute approximate surface area is 102 Å². The third-order valence-electron chi connectivity index (χ3n) is 2.55. The van der Waals surface area contributed by atoms with Gasteiger partial charge in [0.15, 0.2) is 11.5 Å². The van der Waals surface area contributed by atoms with Gasteiger partial charge in [-0.15, -0.1) is 0 Å². The van der Waals surface area contributed by atoms with Gasteiger partial charge in [0.05, 0.1) is 5.56 Å². The Balaban J connectivity index is 2.46. The molecule has 0 unspecified atom stereocenters. The number of nitrogen functional groups attached to an aromatic ring is 1. The maximum Gasteiger partial charge on any atom is 0.196 e. The fourth-order valence-corrected chi connectivity index (χ4v) is 1.54. The topological polar surface area (TPSA) is 83.5 Å². The average molecular weight is 247 g/mol. The Morgan fingerprint density at radius 3 is 2.28 bits per heavy atom. The van der Waals surface area contributed by atoms with E-state index < -0.39 is 17.3 Å². The molecule has 0 saturated heterocycles. The van der Waals surface area contributed by atoms with E-state index in [1.165, 1.54) is 24.3 Å². The second-order valence-corrected chi connectivity index (χ2v) is 3.73. The number of hydrogen-bond donors (Lipinski definition) is 3. The Kier molecular flexibility index (Phi) is 2.89. The first kappa shape index (κ1) is 11.9. The van der Waals surface area contributed by atoms with Crippen LogP contribution in [-0.2, 0) is 0 Å². The summed E-state index contributed by atoms with van der Waals surface area (Å²) in [5.41, 5.74) is 5.32. The minimum Gasteiger partial charge on any atom is -0.506 e. The van der Waals surface area contributed by atoms with Crippen LogP contribution in [0.5, 0.6) is 11.5 Å². The van der Waals surface area contributed by atoms with Crippen molar-refractivity contribution in [3.8, 4) is 11.5 Å². The van der Waals surface area contributed by atoms with Crippen LogP contribution in [-0.4, -0.2) is 16.0 Å². The summed E-state index contributed by atoms with van der Waals surface area (Å²) < 4.78 is 12.7. The van der Waals surface area contributed by atoms with Crippen LogP contribution in [0, 0.1) is 5.82 Å². The van der Waals surface area contributed by atoms with Crippen molar-refractivity contribution in [3.05, 3.63) is 53.3 Å². The van der Waals surface area contributed by atoms with Gasteiger partial charge < -0.3 is 15.9 Å². The van der Waals surface area contributed by atoms with Crippen molar-refractivity contribution in [1.82, 2.24) is 0 Å². The number of carbonyl (C=O) groups excluding carboxylic acids is 1. The number of phenols is 2. The predicted octanol–water partition coefficient (Wildman–Crippen LogP) is 2.05. The number of carbonyl (C=O) groups is 1. The lowest BCUT2D eigenvalue weighted by atomic mass is 10.0. The standard InChI is InChI=1S/C13H10FNO3/c14-8-3-1-7(2-4-8)12(17)9-5-6-10(16)11(15)13(9)18/h1-6,16,18H,15H2. The summed E-state index contributed by atoms with van der Waals surface area (Å²) in [5, 5.41) is 19.0. The van der Waals surface area contributed by atoms with Gasteiger partial charge >= 0.3 is 0 Å². The van der Waals surface area contributed by atoms with Crippen LogP contribution < -0.4 is 5.73 Å². The van der Waals surface area contributed by atoms with Crippen LogP contribution in [0.3, 0.4) is 0 Å². The van der Waals surface area contributed by atoms with Gasteiger partial charge in [0.2, 0.25) is 0 Å². The van der Waals surface area contributed by atoms with E-state index in [-0.39, 0.29) is 22.6 Å². The number of anilines is 1. The van der Waals surface area contributed by atoms with Gasteiger partial charge in [0, 0.05) is 5.56 Å². The summed E-state index contributed by atoms with van der Waals surface area (Å²) in [7, 11) is 0. The van der Waals surface area contributed by atoms with Crippen molar-refractivity contribution >= 4 is 11.5 Å². The van der Waals surface area contributed by atoms with Crippen LogP contribution >= 0.6 is 0 Å². The van der Waals surface area contributed by atoms with Gasteiger partial charge in [-0.25, -0.2) is 4.39 Å². The van der Waals surface area contributed by atoms with Crippen molar-refractivity contribution < 1.29 is 19.4 Å². The highest BCUT2D eigenvalue weighted by atomic mass is 19.1. The number of aromatic hydroxyl groups is 2. The van der Waals surface area contributed by atoms with Crippen LogP contribution in [0.2, 0.25) is 0 Å². The zero-order valence-electron chi connectivity index (χ0n) is 9.22. The second-order valence-electron chi connectivity index (χ2n) is 3.73. The highest BCUT2D eigenvalue weighted by Gasteiger charge is 2.17. The van der Waals surface area contributed by atoms with E-state index in [2.05, 4.69) is 0 Å². The molecular formula is C13H10FNO3. The molecule has 0 saturated carbocycles. The monoisotopic (exact) mass is 247 g/mol. The van der Waals surface area contributed by atoms with Crippen LogP contribution in [0.4, 0.5) is 10.1 Å². The van der Waals surface area contributed by atoms with Gasteiger partial charge in [-0.1, -0.05) is 0 Å². The Morgan fingerprint density at radius 1 is 1.06 bits per heavy atom. The largest absolute Gasteiger partial charge is 0.506 e. The Morgan fingerprint density at radius 2 is 1.67 bits per heavy atom. The third kappa shape index (κ3) is 1.98. The number of rotatable bonds is 2. The van der Waals surface area contributed by atoms with Crippen molar-refractivity contribution in [2.45, 2.75) is 0 Å². The number of phenolic OH excluding ortho intramolecular Hbond substituents is 2. The summed E-state index contributed by atoms with van der Waals surface area (Å²) in [6, 6.07) is 7.38. The van der Waals surface area contributed by atoms with E-state index in [0.29, 0.717) is 0 Å². The Bertz CT molecular complexity index is 608. The minimum absolute atomic E-state index is 0.0445. The van der Waals surface area contributed by atoms with Crippen molar-refractivity contribution in [1.29, 1.82) is 0 Å². The lowest BCUT2D eigenvalue weighted by molar-refractivity contribution is 0.103. The number of nitrogens with two attached hydrogens (primary N) is 1. The van der Waals surface area contributed by atoms with E-state index in [1.807, 2.05) is 0 Å². The molecule has 4 nitrogen and oxygen atoms in total. The smallest absolute Gasteiger partial charge is 0.196 e. The zero-order chi connectivity index (χ0) is 13.3. The number of benzene rings is 2. The first-order chi connectivity index (χ1) is 8.50. The van der Waals surface area contributed by atoms with Crippen molar-refractivity contribution in [2.75, 3.05) is 5.73 Å². The summed E-state index contributed by atoms with van der Waals surface area (Å²) in [6.45, 7) is 0. The van der Waals surface area contributed by atoms with E-state index in [4.69, 9.17) is 5.73 Å². The first-order valence-electron chi connectivity index (χ1n) is 5.11. The fraction of sp³-hybridized carbons (Fsp3) is 0. The lowest BCUT2D eigenvalue weighted by Crippen LogP contribution is -2.03. The molecule has 0 aliphatic rings. The molecule has 0 amide bonds. The molecule has 2 rings (SSSR count). The molecule has 2 aromatic rings. The van der Waals surface area contributed by atoms with Crippen LogP contribution in [0.1, 0.15) is 15.9 Å². The van der Waals surface area contributed by atoms with E-state index in [0.717, 1.165) is 12.1 Å². The molecule has 0 aliphatic carbocycles. The highest BCUT2D eigenvalue weighted by Crippen LogP contribution is 2.34. The molecular weight excluding hydrogens is 237 g/mol. The SMILES string of the molecule is Nc1c(O)ccc(C(=O)c2ccc(F)cc2)c1O. The van der Waals surface area contributed by atoms with E-state index >= 15 is 0 Å². The van der Waals surface area contributed by atoms with Crippen LogP contribution in [0.15, 0.2) is 36.4 Å². The molecule has 0 bridgehead atoms. The van der Waals surface area contributed by atoms with Gasteiger partial charge in [-0.05, 0) is 36.4 Å². The van der Waals surface area contributed by atoms with E-state index in [9.17, 15) is 19.4 Å². The molecule has 92 valence electrons. The quantitative estimate of drug-likeness (QED) is 0.431. The molecule has 0 fully saturated rings. The molecule has 0 spiro atoms. The molecule has 2 aromatic carbocycles. The molecule has 4 N–H and O–H groups in total. The highest BCUT2D eigenvalue weighted by molar-refractivity contribution is 6.11. The molecule has 5 heteroatoms. The van der Waals surface area contributed by atoms with Gasteiger partial charge in [0.1, 0.15) is 17.3 Å². The normalized spacial score (nSPS) is 10.3. The average Bonchev–Trinajstić information content (AvgIpc) is 2.36. The lowest BCUT2D eigenvalue weighted by Gasteiger charge is -2.07. The first-order valence-corrected chi connectivity index (χ1v) is 5.11. The van der Waals surface area contributed by atoms with Crippen molar-refractivity contribution in [2.24, 2.45) is 0 Å². The molecule has 18 heavy (non-hydrogen) atoms. The number of ketones is 1. The minimum atomic E-state index is -0.501. The second kappa shape index (κ2) is 4.37. The number of hydrogen-bond acceptors (Lipinski definition) is 4. The molecule has 0 atom stereocenters. The summed E-state index contributed by atoms with van der Waals surface area (Å²) in [6.07, 6.45) is 0. The third-order valence-corrected chi connectivity index (χ3v) is 2.55. The molecule has 0 aromatic heterocycles.